The molecule has 1 heterocycles. The van der Waals surface area contributed by atoms with Crippen LogP contribution in [-0.4, -0.2) is 11.0 Å². The lowest BCUT2D eigenvalue weighted by atomic mass is 10.1. The van der Waals surface area contributed by atoms with Crippen LogP contribution in [0.2, 0.25) is 0 Å². The first-order valence-electron chi connectivity index (χ1n) is 6.52. The van der Waals surface area contributed by atoms with Crippen LogP contribution >= 0.6 is 0 Å². The van der Waals surface area contributed by atoms with Crippen molar-refractivity contribution in [3.8, 4) is 0 Å². The summed E-state index contributed by atoms with van der Waals surface area (Å²) in [5.74, 6) is 0. The van der Waals surface area contributed by atoms with Gasteiger partial charge in [-0.05, 0) is 42.0 Å². The Morgan fingerprint density at radius 2 is 1.89 bits per heavy atom. The predicted octanol–water partition coefficient (Wildman–Crippen LogP) is 2.65. The minimum atomic E-state index is 0.572. The predicted molar refractivity (Wildman–Crippen MR) is 73.5 cm³/mol. The van der Waals surface area contributed by atoms with Crippen molar-refractivity contribution in [2.24, 2.45) is 0 Å². The third-order valence-electron chi connectivity index (χ3n) is 3.58. The minimum absolute atomic E-state index is 0.572. The first kappa shape index (κ1) is 11.4. The number of fused-ring (bicyclic) bond motifs is 1. The van der Waals surface area contributed by atoms with Crippen molar-refractivity contribution in [3.05, 3.63) is 65.0 Å². The third kappa shape index (κ3) is 2.44. The number of aryl methyl sites for hydroxylation is 1. The number of hydrogen-bond acceptors (Lipinski definition) is 2. The summed E-state index contributed by atoms with van der Waals surface area (Å²) in [7, 11) is 0. The van der Waals surface area contributed by atoms with Crippen LogP contribution in [0.4, 0.5) is 0 Å². The third-order valence-corrected chi connectivity index (χ3v) is 3.58. The van der Waals surface area contributed by atoms with Crippen molar-refractivity contribution in [2.75, 3.05) is 0 Å². The lowest BCUT2D eigenvalue weighted by Gasteiger charge is -2.11. The van der Waals surface area contributed by atoms with Crippen molar-refractivity contribution in [3.63, 3.8) is 0 Å². The van der Waals surface area contributed by atoms with E-state index < -0.39 is 0 Å². The van der Waals surface area contributed by atoms with Crippen LogP contribution in [0.5, 0.6) is 0 Å². The zero-order valence-electron chi connectivity index (χ0n) is 10.7. The van der Waals surface area contributed by atoms with Gasteiger partial charge in [0.05, 0.1) is 0 Å². The van der Waals surface area contributed by atoms with Crippen LogP contribution < -0.4 is 5.32 Å². The molecular weight excluding hydrogens is 220 g/mol. The standard InChI is InChI=1S/C16H18N2/c1-12-6-13(10-17-9-12)11-18-16-7-14-4-2-3-5-15(14)8-16/h2-6,9-10,16,18H,7-8,11H2,1H3. The molecule has 1 N–H and O–H groups in total. The topological polar surface area (TPSA) is 24.9 Å². The Hall–Kier alpha value is -1.67. The molecule has 0 radical (unpaired) electrons. The summed E-state index contributed by atoms with van der Waals surface area (Å²) >= 11 is 0. The van der Waals surface area contributed by atoms with Crippen LogP contribution in [0.1, 0.15) is 22.3 Å². The molecule has 2 aromatic rings. The molecule has 18 heavy (non-hydrogen) atoms. The summed E-state index contributed by atoms with van der Waals surface area (Å²) in [5.41, 5.74) is 5.49. The van der Waals surface area contributed by atoms with Gasteiger partial charge in [-0.3, -0.25) is 4.98 Å². The molecule has 0 bridgehead atoms. The Labute approximate surface area is 108 Å². The van der Waals surface area contributed by atoms with Crippen molar-refractivity contribution >= 4 is 0 Å². The van der Waals surface area contributed by atoms with E-state index >= 15 is 0 Å². The molecule has 1 aromatic carbocycles. The summed E-state index contributed by atoms with van der Waals surface area (Å²) in [6.45, 7) is 3.00. The average Bonchev–Trinajstić information content (AvgIpc) is 2.79. The van der Waals surface area contributed by atoms with E-state index in [0.717, 1.165) is 19.4 Å². The van der Waals surface area contributed by atoms with E-state index in [4.69, 9.17) is 0 Å². The van der Waals surface area contributed by atoms with Gasteiger partial charge in [0.2, 0.25) is 0 Å². The number of nitrogens with one attached hydrogen (secondary N) is 1. The van der Waals surface area contributed by atoms with Crippen molar-refractivity contribution in [1.29, 1.82) is 0 Å². The lowest BCUT2D eigenvalue weighted by Crippen LogP contribution is -2.29. The summed E-state index contributed by atoms with van der Waals surface area (Å²) in [4.78, 5) is 4.23. The minimum Gasteiger partial charge on any atom is -0.309 e. The van der Waals surface area contributed by atoms with E-state index in [2.05, 4.69) is 47.6 Å². The van der Waals surface area contributed by atoms with Gasteiger partial charge in [-0.15, -0.1) is 0 Å². The molecule has 1 aromatic heterocycles. The van der Waals surface area contributed by atoms with Crippen molar-refractivity contribution < 1.29 is 0 Å². The van der Waals surface area contributed by atoms with Crippen LogP contribution in [0.15, 0.2) is 42.7 Å². The van der Waals surface area contributed by atoms with Gasteiger partial charge in [-0.2, -0.15) is 0 Å². The molecule has 2 heteroatoms. The van der Waals surface area contributed by atoms with Crippen LogP contribution in [-0.2, 0) is 19.4 Å². The number of hydrogen-bond donors (Lipinski definition) is 1. The number of pyridine rings is 1. The molecular formula is C16H18N2. The van der Waals surface area contributed by atoms with Gasteiger partial charge >= 0.3 is 0 Å². The van der Waals surface area contributed by atoms with E-state index in [1.54, 1.807) is 0 Å². The number of aromatic nitrogens is 1. The molecule has 0 aliphatic heterocycles. The highest BCUT2D eigenvalue weighted by Crippen LogP contribution is 2.21. The van der Waals surface area contributed by atoms with Gasteiger partial charge in [0.15, 0.2) is 0 Å². The van der Waals surface area contributed by atoms with E-state index in [0.29, 0.717) is 6.04 Å². The van der Waals surface area contributed by atoms with Gasteiger partial charge in [-0.1, -0.05) is 30.3 Å². The highest BCUT2D eigenvalue weighted by atomic mass is 14.9. The summed E-state index contributed by atoms with van der Waals surface area (Å²) < 4.78 is 0. The first-order valence-corrected chi connectivity index (χ1v) is 6.52. The fraction of sp³-hybridized carbons (Fsp3) is 0.312. The lowest BCUT2D eigenvalue weighted by molar-refractivity contribution is 0.532. The largest absolute Gasteiger partial charge is 0.309 e. The van der Waals surface area contributed by atoms with Crippen LogP contribution in [0.25, 0.3) is 0 Å². The molecule has 92 valence electrons. The first-order chi connectivity index (χ1) is 8.81. The van der Waals surface area contributed by atoms with Gasteiger partial charge in [0, 0.05) is 25.0 Å². The molecule has 0 fully saturated rings. The normalized spacial score (nSPS) is 14.7. The Morgan fingerprint density at radius 1 is 1.17 bits per heavy atom. The van der Waals surface area contributed by atoms with E-state index in [9.17, 15) is 0 Å². The molecule has 0 atom stereocenters. The van der Waals surface area contributed by atoms with E-state index in [1.165, 1.54) is 22.3 Å². The van der Waals surface area contributed by atoms with Gasteiger partial charge in [-0.25, -0.2) is 0 Å². The van der Waals surface area contributed by atoms with Crippen LogP contribution in [0.3, 0.4) is 0 Å². The van der Waals surface area contributed by atoms with Crippen molar-refractivity contribution in [1.82, 2.24) is 10.3 Å². The van der Waals surface area contributed by atoms with Crippen molar-refractivity contribution in [2.45, 2.75) is 32.4 Å². The highest BCUT2D eigenvalue weighted by Gasteiger charge is 2.19. The van der Waals surface area contributed by atoms with Crippen LogP contribution in [0, 0.1) is 6.92 Å². The highest BCUT2D eigenvalue weighted by molar-refractivity contribution is 5.33. The number of rotatable bonds is 3. The molecule has 1 aliphatic carbocycles. The zero-order chi connectivity index (χ0) is 12.4. The fourth-order valence-electron chi connectivity index (χ4n) is 2.68. The molecule has 0 amide bonds. The summed E-state index contributed by atoms with van der Waals surface area (Å²) in [6, 6.07) is 11.5. The maximum atomic E-state index is 4.23. The second kappa shape index (κ2) is 4.91. The second-order valence-electron chi connectivity index (χ2n) is 5.13. The van der Waals surface area contributed by atoms with Gasteiger partial charge in [0.25, 0.3) is 0 Å². The Balaban J connectivity index is 1.60. The average molecular weight is 238 g/mol. The Bertz CT molecular complexity index is 523. The summed E-state index contributed by atoms with van der Waals surface area (Å²) in [5, 5.41) is 3.63. The molecule has 0 spiro atoms. The maximum Gasteiger partial charge on any atom is 0.0313 e. The summed E-state index contributed by atoms with van der Waals surface area (Å²) in [6.07, 6.45) is 6.14. The quantitative estimate of drug-likeness (QED) is 0.889. The Morgan fingerprint density at radius 3 is 2.56 bits per heavy atom. The zero-order valence-corrected chi connectivity index (χ0v) is 10.7. The molecule has 0 unspecified atom stereocenters. The fourth-order valence-corrected chi connectivity index (χ4v) is 2.68. The van der Waals surface area contributed by atoms with E-state index in [-0.39, 0.29) is 0 Å². The monoisotopic (exact) mass is 238 g/mol. The SMILES string of the molecule is Cc1cncc(CNC2Cc3ccccc3C2)c1. The number of benzene rings is 1. The van der Waals surface area contributed by atoms with E-state index in [1.807, 2.05) is 12.4 Å². The molecule has 1 aliphatic rings. The Kier molecular flexibility index (Phi) is 3.11. The second-order valence-corrected chi connectivity index (χ2v) is 5.13. The molecule has 2 nitrogen and oxygen atoms in total. The molecule has 3 rings (SSSR count). The molecule has 0 saturated carbocycles. The smallest absolute Gasteiger partial charge is 0.0313 e. The van der Waals surface area contributed by atoms with Gasteiger partial charge < -0.3 is 5.32 Å². The number of nitrogens with zero attached hydrogens (tertiary/aromatic N) is 1. The van der Waals surface area contributed by atoms with Gasteiger partial charge in [0.1, 0.15) is 0 Å². The molecule has 0 saturated heterocycles. The maximum absolute atomic E-state index is 4.23.